The molecule has 2 bridgehead atoms. The summed E-state index contributed by atoms with van der Waals surface area (Å²) in [6.07, 6.45) is 5.45. The molecule has 0 saturated carbocycles. The largest absolute Gasteiger partial charge is 0.483 e. The van der Waals surface area contributed by atoms with E-state index in [-0.39, 0.29) is 30.5 Å². The van der Waals surface area contributed by atoms with Gasteiger partial charge in [0.05, 0.1) is 6.61 Å². The van der Waals surface area contributed by atoms with Gasteiger partial charge in [0.2, 0.25) is 5.91 Å². The summed E-state index contributed by atoms with van der Waals surface area (Å²) < 4.78 is 3.67. The minimum atomic E-state index is -0.250. The highest BCUT2D eigenvalue weighted by molar-refractivity contribution is 5.76. The molecule has 0 aliphatic carbocycles. The highest BCUT2D eigenvalue weighted by Gasteiger charge is 2.36. The Hall–Kier alpha value is -3.05. The van der Waals surface area contributed by atoms with Gasteiger partial charge in [-0.2, -0.15) is 5.10 Å². The Morgan fingerprint density at radius 2 is 2.09 bits per heavy atom. The van der Waals surface area contributed by atoms with Crippen LogP contribution in [0.1, 0.15) is 36.4 Å². The molecule has 2 aliphatic rings. The first-order valence-corrected chi connectivity index (χ1v) is 11.2. The average Bonchev–Trinajstić information content (AvgIpc) is 3.30. The lowest BCUT2D eigenvalue weighted by molar-refractivity contribution is -0.134. The van der Waals surface area contributed by atoms with Crippen LogP contribution in [-0.4, -0.2) is 85.0 Å². The lowest BCUT2D eigenvalue weighted by atomic mass is 9.82. The molecule has 2 N–H and O–H groups in total. The molecule has 180 valence electrons. The van der Waals surface area contributed by atoms with E-state index in [1.165, 1.54) is 6.33 Å². The van der Waals surface area contributed by atoms with Crippen molar-refractivity contribution in [3.05, 3.63) is 46.4 Å². The topological polar surface area (TPSA) is 134 Å². The normalized spacial score (nSPS) is 18.9. The number of likely N-dealkylation sites (N-methyl/N-ethyl adjacent to an activating group) is 1. The summed E-state index contributed by atoms with van der Waals surface area (Å²) in [6.45, 7) is 3.67. The Labute approximate surface area is 192 Å². The molecule has 33 heavy (non-hydrogen) atoms. The maximum Gasteiger partial charge on any atom is 0.290 e. The van der Waals surface area contributed by atoms with Gasteiger partial charge >= 0.3 is 0 Å². The van der Waals surface area contributed by atoms with E-state index in [2.05, 4.69) is 16.1 Å². The summed E-state index contributed by atoms with van der Waals surface area (Å²) in [5, 5.41) is 20.1. The number of hydrogen-bond donors (Lipinski definition) is 2. The average molecular weight is 461 g/mol. The van der Waals surface area contributed by atoms with Crippen LogP contribution in [-0.2, 0) is 29.2 Å². The van der Waals surface area contributed by atoms with Gasteiger partial charge in [0.25, 0.3) is 12.0 Å². The second-order valence-electron chi connectivity index (χ2n) is 8.63. The van der Waals surface area contributed by atoms with Crippen molar-refractivity contribution >= 4 is 12.4 Å². The van der Waals surface area contributed by atoms with E-state index >= 15 is 0 Å². The number of piperidine rings is 1. The highest BCUT2D eigenvalue weighted by atomic mass is 16.3. The third-order valence-corrected chi connectivity index (χ3v) is 6.20. The molecule has 11 nitrogen and oxygen atoms in total. The van der Waals surface area contributed by atoms with Crippen LogP contribution < -0.4 is 5.56 Å². The number of nitrogens with zero attached hydrogens (tertiary/aromatic N) is 6. The van der Waals surface area contributed by atoms with Gasteiger partial charge in [0.1, 0.15) is 12.7 Å². The summed E-state index contributed by atoms with van der Waals surface area (Å²) in [5.74, 6) is 0.718. The Balaban J connectivity index is 0.000000968. The standard InChI is InChI=1S/C21H30N6O3.CH2O2/c1-24(7-8-28)12-17-4-5-19-18-9-16(11-27(19)21(17)30)10-25(13-18)20(29)3-2-6-26-15-22-14-23-26;2-1-3/h4-5,14-16,18,28H,2-3,6-13H2,1H3;1H,(H,2,3)/t16-,18+;/m0./s1. The summed E-state index contributed by atoms with van der Waals surface area (Å²) >= 11 is 0. The minimum absolute atomic E-state index is 0.0691. The third kappa shape index (κ3) is 6.26. The lowest BCUT2D eigenvalue weighted by Gasteiger charge is -2.43. The number of rotatable bonds is 8. The van der Waals surface area contributed by atoms with Crippen LogP contribution in [0.2, 0.25) is 0 Å². The number of pyridine rings is 1. The number of carbonyl (C=O) groups excluding carboxylic acids is 1. The van der Waals surface area contributed by atoms with Crippen LogP contribution in [0.4, 0.5) is 0 Å². The van der Waals surface area contributed by atoms with Gasteiger partial charge in [0, 0.05) is 62.9 Å². The molecule has 0 aromatic carbocycles. The molecular weight excluding hydrogens is 428 g/mol. The Bertz CT molecular complexity index is 976. The fourth-order valence-corrected chi connectivity index (χ4v) is 4.75. The molecule has 0 radical (unpaired) electrons. The maximum absolute atomic E-state index is 13.0. The van der Waals surface area contributed by atoms with Crippen LogP contribution in [0.25, 0.3) is 0 Å². The number of aryl methyl sites for hydroxylation is 1. The zero-order chi connectivity index (χ0) is 23.8. The van der Waals surface area contributed by atoms with E-state index in [4.69, 9.17) is 15.0 Å². The van der Waals surface area contributed by atoms with E-state index in [1.54, 1.807) is 11.0 Å². The number of aliphatic hydroxyl groups excluding tert-OH is 1. The Kier molecular flexibility index (Phi) is 8.72. The van der Waals surface area contributed by atoms with Crippen molar-refractivity contribution in [3.8, 4) is 0 Å². The quantitative estimate of drug-likeness (QED) is 0.526. The number of carbonyl (C=O) groups is 2. The summed E-state index contributed by atoms with van der Waals surface area (Å²) in [7, 11) is 1.90. The predicted molar refractivity (Wildman–Crippen MR) is 119 cm³/mol. The van der Waals surface area contributed by atoms with Crippen molar-refractivity contribution in [2.75, 3.05) is 33.3 Å². The van der Waals surface area contributed by atoms with Crippen molar-refractivity contribution in [1.29, 1.82) is 0 Å². The number of aliphatic hydroxyl groups is 1. The number of carboxylic acid groups (broad SMARTS) is 1. The molecule has 2 aromatic heterocycles. The monoisotopic (exact) mass is 460 g/mol. The number of hydrogen-bond acceptors (Lipinski definition) is 7. The first-order chi connectivity index (χ1) is 16.0. The molecule has 2 atom stereocenters. The van der Waals surface area contributed by atoms with E-state index in [0.29, 0.717) is 45.1 Å². The molecule has 11 heteroatoms. The molecule has 1 amide bonds. The number of likely N-dealkylation sites (tertiary alicyclic amines) is 1. The van der Waals surface area contributed by atoms with Crippen LogP contribution in [0.5, 0.6) is 0 Å². The second-order valence-corrected chi connectivity index (χ2v) is 8.63. The van der Waals surface area contributed by atoms with Crippen LogP contribution >= 0.6 is 0 Å². The van der Waals surface area contributed by atoms with Crippen LogP contribution in [0.15, 0.2) is 29.6 Å². The van der Waals surface area contributed by atoms with Gasteiger partial charge in [0.15, 0.2) is 0 Å². The smallest absolute Gasteiger partial charge is 0.290 e. The van der Waals surface area contributed by atoms with E-state index in [9.17, 15) is 9.59 Å². The summed E-state index contributed by atoms with van der Waals surface area (Å²) in [6, 6.07) is 3.98. The highest BCUT2D eigenvalue weighted by Crippen LogP contribution is 2.35. The van der Waals surface area contributed by atoms with E-state index in [0.717, 1.165) is 30.6 Å². The molecule has 0 unspecified atom stereocenters. The van der Waals surface area contributed by atoms with Crippen molar-refractivity contribution in [2.24, 2.45) is 5.92 Å². The van der Waals surface area contributed by atoms with Gasteiger partial charge in [-0.15, -0.1) is 0 Å². The number of amides is 1. The van der Waals surface area contributed by atoms with Crippen LogP contribution in [0.3, 0.4) is 0 Å². The second kappa shape index (κ2) is 11.7. The zero-order valence-electron chi connectivity index (χ0n) is 18.9. The van der Waals surface area contributed by atoms with Crippen molar-refractivity contribution in [2.45, 2.75) is 44.8 Å². The molecule has 4 heterocycles. The van der Waals surface area contributed by atoms with Crippen LogP contribution in [0, 0.1) is 5.92 Å². The number of aromatic nitrogens is 4. The van der Waals surface area contributed by atoms with Gasteiger partial charge in [-0.3, -0.25) is 24.0 Å². The fraction of sp³-hybridized carbons (Fsp3) is 0.591. The molecule has 1 fully saturated rings. The maximum atomic E-state index is 13.0. The SMILES string of the molecule is CN(CCO)Cc1ccc2n(c1=O)C[C@H]1C[C@@H]2CN(C(=O)CCCn2cncn2)C1.O=CO. The van der Waals surface area contributed by atoms with E-state index in [1.807, 2.05) is 27.5 Å². The van der Waals surface area contributed by atoms with E-state index < -0.39 is 0 Å². The van der Waals surface area contributed by atoms with Gasteiger partial charge in [-0.25, -0.2) is 4.98 Å². The molecule has 2 aromatic rings. The van der Waals surface area contributed by atoms with Gasteiger partial charge in [-0.05, 0) is 31.9 Å². The zero-order valence-corrected chi connectivity index (χ0v) is 18.9. The minimum Gasteiger partial charge on any atom is -0.483 e. The summed E-state index contributed by atoms with van der Waals surface area (Å²) in [4.78, 5) is 42.0. The third-order valence-electron chi connectivity index (χ3n) is 6.20. The molecule has 2 aliphatic heterocycles. The first kappa shape index (κ1) is 24.6. The first-order valence-electron chi connectivity index (χ1n) is 11.2. The van der Waals surface area contributed by atoms with Gasteiger partial charge in [-0.1, -0.05) is 6.07 Å². The molecule has 1 saturated heterocycles. The van der Waals surface area contributed by atoms with Crippen molar-refractivity contribution in [3.63, 3.8) is 0 Å². The summed E-state index contributed by atoms with van der Waals surface area (Å²) in [5.41, 5.74) is 1.88. The Morgan fingerprint density at radius 3 is 2.79 bits per heavy atom. The Morgan fingerprint density at radius 1 is 1.30 bits per heavy atom. The predicted octanol–water partition coefficient (Wildman–Crippen LogP) is -0.00920. The van der Waals surface area contributed by atoms with Crippen molar-refractivity contribution < 1.29 is 19.8 Å². The molecule has 4 rings (SSSR count). The molecular formula is C22H32N6O5. The number of fused-ring (bicyclic) bond motifs is 4. The van der Waals surface area contributed by atoms with Gasteiger partial charge < -0.3 is 19.7 Å². The molecule has 0 spiro atoms. The fourth-order valence-electron chi connectivity index (χ4n) is 4.75. The lowest BCUT2D eigenvalue weighted by Crippen LogP contribution is -2.49. The van der Waals surface area contributed by atoms with Crippen molar-refractivity contribution in [1.82, 2.24) is 29.1 Å².